The zero-order valence-corrected chi connectivity index (χ0v) is 12.7. The lowest BCUT2D eigenvalue weighted by molar-refractivity contribution is 0.0698. The molecule has 0 bridgehead atoms. The van der Waals surface area contributed by atoms with Crippen LogP contribution in [0, 0.1) is 5.92 Å². The molecule has 0 radical (unpaired) electrons. The molecule has 1 aliphatic rings. The van der Waals surface area contributed by atoms with Gasteiger partial charge in [-0.3, -0.25) is 4.99 Å². The van der Waals surface area contributed by atoms with Crippen LogP contribution in [-0.2, 0) is 9.47 Å². The highest BCUT2D eigenvalue weighted by Crippen LogP contribution is 2.15. The minimum Gasteiger partial charge on any atom is -0.382 e. The van der Waals surface area contributed by atoms with Gasteiger partial charge in [0.2, 0.25) is 0 Å². The quantitative estimate of drug-likeness (QED) is 0.431. The first-order valence-electron chi connectivity index (χ1n) is 7.30. The lowest BCUT2D eigenvalue weighted by atomic mass is 10.00. The van der Waals surface area contributed by atoms with Crippen LogP contribution < -0.4 is 5.32 Å². The topological polar surface area (TPSA) is 46.1 Å². The lowest BCUT2D eigenvalue weighted by Crippen LogP contribution is -2.45. The molecule has 1 aliphatic heterocycles. The van der Waals surface area contributed by atoms with Crippen LogP contribution in [0.15, 0.2) is 4.99 Å². The van der Waals surface area contributed by atoms with Crippen molar-refractivity contribution < 1.29 is 9.47 Å². The summed E-state index contributed by atoms with van der Waals surface area (Å²) >= 11 is 0. The normalized spacial score (nSPS) is 17.8. The van der Waals surface area contributed by atoms with E-state index in [1.165, 1.54) is 12.8 Å². The van der Waals surface area contributed by atoms with Gasteiger partial charge in [-0.1, -0.05) is 6.92 Å². The molecule has 1 N–H and O–H groups in total. The fourth-order valence-electron chi connectivity index (χ4n) is 2.17. The average Bonchev–Trinajstić information content (AvgIpc) is 2.43. The molecule has 0 atom stereocenters. The first-order valence-corrected chi connectivity index (χ1v) is 7.30. The van der Waals surface area contributed by atoms with Gasteiger partial charge in [-0.15, -0.1) is 0 Å². The van der Waals surface area contributed by atoms with Gasteiger partial charge in [-0.05, 0) is 25.2 Å². The zero-order valence-electron chi connectivity index (χ0n) is 12.7. The van der Waals surface area contributed by atoms with Crippen molar-refractivity contribution in [3.8, 4) is 0 Å². The summed E-state index contributed by atoms with van der Waals surface area (Å²) in [6, 6.07) is 0. The van der Waals surface area contributed by atoms with Crippen LogP contribution in [0.2, 0.25) is 0 Å². The Bertz CT molecular complexity index is 251. The monoisotopic (exact) mass is 271 g/mol. The molecular formula is C14H29N3O2. The number of aliphatic imine (C=N–C) groups is 1. The van der Waals surface area contributed by atoms with Gasteiger partial charge < -0.3 is 19.7 Å². The van der Waals surface area contributed by atoms with E-state index in [4.69, 9.17) is 9.47 Å². The van der Waals surface area contributed by atoms with Gasteiger partial charge in [0.05, 0.1) is 13.2 Å². The summed E-state index contributed by atoms with van der Waals surface area (Å²) in [5.74, 6) is 1.88. The van der Waals surface area contributed by atoms with Gasteiger partial charge in [0.1, 0.15) is 0 Å². The van der Waals surface area contributed by atoms with Gasteiger partial charge in [-0.25, -0.2) is 0 Å². The van der Waals surface area contributed by atoms with Gasteiger partial charge in [-0.2, -0.15) is 0 Å². The molecule has 0 aliphatic carbocycles. The van der Waals surface area contributed by atoms with Crippen molar-refractivity contribution in [1.82, 2.24) is 10.2 Å². The third-order valence-corrected chi connectivity index (χ3v) is 3.48. The molecule has 0 amide bonds. The number of methoxy groups -OCH3 is 1. The Morgan fingerprint density at radius 1 is 1.26 bits per heavy atom. The van der Waals surface area contributed by atoms with Crippen LogP contribution in [-0.4, -0.2) is 64.5 Å². The minimum atomic E-state index is 0.668. The molecule has 0 saturated carbocycles. The van der Waals surface area contributed by atoms with Crippen molar-refractivity contribution in [3.05, 3.63) is 0 Å². The third-order valence-electron chi connectivity index (χ3n) is 3.48. The zero-order chi connectivity index (χ0) is 13.9. The summed E-state index contributed by atoms with van der Waals surface area (Å²) in [6.45, 7) is 7.58. The van der Waals surface area contributed by atoms with Gasteiger partial charge >= 0.3 is 0 Å². The molecular weight excluding hydrogens is 242 g/mol. The van der Waals surface area contributed by atoms with Crippen LogP contribution in [0.25, 0.3) is 0 Å². The van der Waals surface area contributed by atoms with E-state index in [1.54, 1.807) is 7.11 Å². The van der Waals surface area contributed by atoms with Crippen LogP contribution in [0.1, 0.15) is 26.2 Å². The number of guanidine groups is 1. The molecule has 0 aromatic carbocycles. The number of hydrogen-bond donors (Lipinski definition) is 1. The second kappa shape index (κ2) is 10.0. The van der Waals surface area contributed by atoms with E-state index in [0.29, 0.717) is 13.2 Å². The summed E-state index contributed by atoms with van der Waals surface area (Å²) < 4.78 is 10.4. The molecule has 1 heterocycles. The highest BCUT2D eigenvalue weighted by molar-refractivity contribution is 5.79. The molecule has 5 nitrogen and oxygen atoms in total. The van der Waals surface area contributed by atoms with E-state index in [9.17, 15) is 0 Å². The van der Waals surface area contributed by atoms with Crippen molar-refractivity contribution in [1.29, 1.82) is 0 Å². The molecule has 5 heteroatoms. The molecule has 112 valence electrons. The molecule has 1 fully saturated rings. The largest absolute Gasteiger partial charge is 0.382 e. The fraction of sp³-hybridized carbons (Fsp3) is 0.929. The highest BCUT2D eigenvalue weighted by atomic mass is 16.5. The predicted octanol–water partition coefficient (Wildman–Crippen LogP) is 1.35. The van der Waals surface area contributed by atoms with Crippen molar-refractivity contribution in [2.45, 2.75) is 26.2 Å². The minimum absolute atomic E-state index is 0.668. The number of rotatable bonds is 7. The van der Waals surface area contributed by atoms with Gasteiger partial charge in [0, 0.05) is 40.4 Å². The summed E-state index contributed by atoms with van der Waals surface area (Å²) in [4.78, 5) is 6.71. The van der Waals surface area contributed by atoms with Gasteiger partial charge in [0.15, 0.2) is 5.96 Å². The Labute approximate surface area is 117 Å². The number of likely N-dealkylation sites (tertiary alicyclic amines) is 1. The van der Waals surface area contributed by atoms with Crippen molar-refractivity contribution >= 4 is 5.96 Å². The third kappa shape index (κ3) is 6.78. The smallest absolute Gasteiger partial charge is 0.193 e. The number of nitrogens with zero attached hydrogens (tertiary/aromatic N) is 2. The lowest BCUT2D eigenvalue weighted by Gasteiger charge is -2.32. The molecule has 0 aromatic heterocycles. The van der Waals surface area contributed by atoms with Crippen molar-refractivity contribution in [2.24, 2.45) is 10.9 Å². The van der Waals surface area contributed by atoms with Crippen molar-refractivity contribution in [2.75, 3.05) is 53.6 Å². The Hall–Kier alpha value is -0.810. The first-order chi connectivity index (χ1) is 9.27. The van der Waals surface area contributed by atoms with Crippen LogP contribution in [0.5, 0.6) is 0 Å². The summed E-state index contributed by atoms with van der Waals surface area (Å²) in [5.41, 5.74) is 0. The Morgan fingerprint density at radius 3 is 2.63 bits per heavy atom. The van der Waals surface area contributed by atoms with Crippen LogP contribution >= 0.6 is 0 Å². The maximum absolute atomic E-state index is 5.43. The van der Waals surface area contributed by atoms with Gasteiger partial charge in [0.25, 0.3) is 0 Å². The second-order valence-corrected chi connectivity index (χ2v) is 5.10. The number of piperidine rings is 1. The maximum Gasteiger partial charge on any atom is 0.193 e. The first kappa shape index (κ1) is 16.2. The molecule has 0 unspecified atom stereocenters. The molecule has 1 rings (SSSR count). The van der Waals surface area contributed by atoms with E-state index < -0.39 is 0 Å². The highest BCUT2D eigenvalue weighted by Gasteiger charge is 2.17. The second-order valence-electron chi connectivity index (χ2n) is 5.10. The van der Waals surface area contributed by atoms with E-state index in [2.05, 4.69) is 22.1 Å². The SMILES string of the molecule is CN=C(NCCCOCCOC)N1CCC(C)CC1. The number of ether oxygens (including phenoxy) is 2. The number of nitrogens with one attached hydrogen (secondary N) is 1. The molecule has 1 saturated heterocycles. The molecule has 19 heavy (non-hydrogen) atoms. The summed E-state index contributed by atoms with van der Waals surface area (Å²) in [5, 5.41) is 3.41. The van der Waals surface area contributed by atoms with E-state index in [0.717, 1.165) is 44.5 Å². The fourth-order valence-corrected chi connectivity index (χ4v) is 2.17. The Balaban J connectivity index is 2.09. The molecule has 0 spiro atoms. The molecule has 0 aromatic rings. The van der Waals surface area contributed by atoms with Crippen LogP contribution in [0.3, 0.4) is 0 Å². The summed E-state index contributed by atoms with van der Waals surface area (Å²) in [6.07, 6.45) is 3.52. The van der Waals surface area contributed by atoms with Crippen molar-refractivity contribution in [3.63, 3.8) is 0 Å². The number of hydrogen-bond acceptors (Lipinski definition) is 3. The van der Waals surface area contributed by atoms with E-state index >= 15 is 0 Å². The average molecular weight is 271 g/mol. The Kier molecular flexibility index (Phi) is 8.58. The van der Waals surface area contributed by atoms with Crippen LogP contribution in [0.4, 0.5) is 0 Å². The maximum atomic E-state index is 5.43. The summed E-state index contributed by atoms with van der Waals surface area (Å²) in [7, 11) is 3.55. The standard InChI is InChI=1S/C14H29N3O2/c1-13-5-8-17(9-6-13)14(15-2)16-7-4-10-19-12-11-18-3/h13H,4-12H2,1-3H3,(H,15,16). The van der Waals surface area contributed by atoms with E-state index in [-0.39, 0.29) is 0 Å². The Morgan fingerprint density at radius 2 is 2.00 bits per heavy atom. The van der Waals surface area contributed by atoms with E-state index in [1.807, 2.05) is 7.05 Å². The predicted molar refractivity (Wildman–Crippen MR) is 78.6 cm³/mol.